The summed E-state index contributed by atoms with van der Waals surface area (Å²) in [4.78, 5) is 21.1. The van der Waals surface area contributed by atoms with Crippen molar-refractivity contribution in [1.29, 1.82) is 0 Å². The molecule has 20 heavy (non-hydrogen) atoms. The molecule has 0 amide bonds. The zero-order valence-corrected chi connectivity index (χ0v) is 10.8. The number of para-hydroxylation sites is 1. The molecule has 2 aromatic carbocycles. The first-order valence-electron chi connectivity index (χ1n) is 5.52. The number of aromatic carboxylic acids is 1. The van der Waals surface area contributed by atoms with E-state index in [2.05, 4.69) is 5.32 Å². The van der Waals surface area contributed by atoms with Crippen LogP contribution in [0.4, 0.5) is 17.1 Å². The van der Waals surface area contributed by atoms with E-state index < -0.39 is 16.6 Å². The molecule has 0 aliphatic carbocycles. The lowest BCUT2D eigenvalue weighted by Crippen LogP contribution is -2.03. The van der Waals surface area contributed by atoms with Crippen LogP contribution in [-0.4, -0.2) is 16.0 Å². The standard InChI is InChI=1S/C13H9ClN2O4/c14-10-3-1-2-4-11(10)15-8-5-6-12(16(19)20)9(7-8)13(17)18/h1-7,15H,(H,17,18). The highest BCUT2D eigenvalue weighted by molar-refractivity contribution is 6.33. The largest absolute Gasteiger partial charge is 0.477 e. The molecule has 2 N–H and O–H groups in total. The monoisotopic (exact) mass is 292 g/mol. The van der Waals surface area contributed by atoms with Gasteiger partial charge in [0.25, 0.3) is 5.69 Å². The smallest absolute Gasteiger partial charge is 0.342 e. The van der Waals surface area contributed by atoms with Crippen molar-refractivity contribution < 1.29 is 14.8 Å². The van der Waals surface area contributed by atoms with Crippen LogP contribution in [0.15, 0.2) is 42.5 Å². The number of rotatable bonds is 4. The van der Waals surface area contributed by atoms with E-state index in [4.69, 9.17) is 16.7 Å². The molecule has 0 heterocycles. The van der Waals surface area contributed by atoms with E-state index in [0.717, 1.165) is 6.07 Å². The molecule has 0 saturated carbocycles. The quantitative estimate of drug-likeness (QED) is 0.662. The first-order valence-corrected chi connectivity index (χ1v) is 5.90. The van der Waals surface area contributed by atoms with Crippen LogP contribution in [-0.2, 0) is 0 Å². The van der Waals surface area contributed by atoms with Gasteiger partial charge in [0.05, 0.1) is 15.6 Å². The lowest BCUT2D eigenvalue weighted by atomic mass is 10.1. The van der Waals surface area contributed by atoms with Crippen LogP contribution >= 0.6 is 11.6 Å². The Labute approximate surface area is 118 Å². The maximum absolute atomic E-state index is 11.0. The van der Waals surface area contributed by atoms with Crippen molar-refractivity contribution in [3.8, 4) is 0 Å². The van der Waals surface area contributed by atoms with Gasteiger partial charge in [-0.15, -0.1) is 0 Å². The molecular formula is C13H9ClN2O4. The lowest BCUT2D eigenvalue weighted by Gasteiger charge is -2.09. The number of anilines is 2. The van der Waals surface area contributed by atoms with Gasteiger partial charge >= 0.3 is 5.97 Å². The van der Waals surface area contributed by atoms with Gasteiger partial charge in [-0.3, -0.25) is 10.1 Å². The highest BCUT2D eigenvalue weighted by Gasteiger charge is 2.20. The zero-order chi connectivity index (χ0) is 14.7. The third-order valence-electron chi connectivity index (χ3n) is 2.58. The van der Waals surface area contributed by atoms with Gasteiger partial charge in [-0.25, -0.2) is 4.79 Å². The van der Waals surface area contributed by atoms with Crippen LogP contribution in [0.3, 0.4) is 0 Å². The Balaban J connectivity index is 2.40. The number of carboxylic acids is 1. The summed E-state index contributed by atoms with van der Waals surface area (Å²) in [5.41, 5.74) is 0.148. The van der Waals surface area contributed by atoms with Crippen molar-refractivity contribution >= 4 is 34.6 Å². The number of nitrogens with zero attached hydrogens (tertiary/aromatic N) is 1. The van der Waals surface area contributed by atoms with Gasteiger partial charge in [0.1, 0.15) is 5.56 Å². The van der Waals surface area contributed by atoms with Crippen LogP contribution in [0.1, 0.15) is 10.4 Å². The Morgan fingerprint density at radius 3 is 2.55 bits per heavy atom. The van der Waals surface area contributed by atoms with Gasteiger partial charge in [0, 0.05) is 11.8 Å². The Bertz CT molecular complexity index is 688. The number of nitro groups is 1. The molecule has 0 atom stereocenters. The van der Waals surface area contributed by atoms with Gasteiger partial charge in [0.15, 0.2) is 0 Å². The van der Waals surface area contributed by atoms with Crippen molar-refractivity contribution in [2.75, 3.05) is 5.32 Å². The minimum atomic E-state index is -1.36. The number of benzene rings is 2. The molecule has 0 unspecified atom stereocenters. The van der Waals surface area contributed by atoms with E-state index in [9.17, 15) is 14.9 Å². The number of nitro benzene ring substituents is 1. The molecule has 102 valence electrons. The Morgan fingerprint density at radius 2 is 1.95 bits per heavy atom. The topological polar surface area (TPSA) is 92.5 Å². The van der Waals surface area contributed by atoms with Crippen molar-refractivity contribution in [1.82, 2.24) is 0 Å². The van der Waals surface area contributed by atoms with E-state index in [1.54, 1.807) is 24.3 Å². The first-order chi connectivity index (χ1) is 9.49. The summed E-state index contributed by atoms with van der Waals surface area (Å²) in [6.07, 6.45) is 0. The third-order valence-corrected chi connectivity index (χ3v) is 2.91. The molecule has 2 aromatic rings. The summed E-state index contributed by atoms with van der Waals surface area (Å²) < 4.78 is 0. The Morgan fingerprint density at radius 1 is 1.25 bits per heavy atom. The second-order valence-electron chi connectivity index (χ2n) is 3.90. The molecule has 0 spiro atoms. The molecule has 7 heteroatoms. The summed E-state index contributed by atoms with van der Waals surface area (Å²) in [6, 6.07) is 10.7. The minimum Gasteiger partial charge on any atom is -0.477 e. The van der Waals surface area contributed by atoms with Crippen LogP contribution in [0.5, 0.6) is 0 Å². The van der Waals surface area contributed by atoms with Gasteiger partial charge in [-0.05, 0) is 24.3 Å². The lowest BCUT2D eigenvalue weighted by molar-refractivity contribution is -0.385. The fourth-order valence-electron chi connectivity index (χ4n) is 1.66. The minimum absolute atomic E-state index is 0.382. The molecule has 6 nitrogen and oxygen atoms in total. The number of hydrogen-bond acceptors (Lipinski definition) is 4. The average molecular weight is 293 g/mol. The molecule has 2 rings (SSSR count). The molecule has 0 fully saturated rings. The SMILES string of the molecule is O=C(O)c1cc(Nc2ccccc2Cl)ccc1[N+](=O)[O-]. The average Bonchev–Trinajstić information content (AvgIpc) is 2.41. The fourth-order valence-corrected chi connectivity index (χ4v) is 1.85. The highest BCUT2D eigenvalue weighted by atomic mass is 35.5. The van der Waals surface area contributed by atoms with Gasteiger partial charge in [-0.1, -0.05) is 23.7 Å². The first kappa shape index (κ1) is 13.8. The van der Waals surface area contributed by atoms with E-state index in [1.807, 2.05) is 0 Å². The van der Waals surface area contributed by atoms with Crippen LogP contribution < -0.4 is 5.32 Å². The fraction of sp³-hybridized carbons (Fsp3) is 0. The summed E-state index contributed by atoms with van der Waals surface area (Å²) in [6.45, 7) is 0. The molecular weight excluding hydrogens is 284 g/mol. The second kappa shape index (κ2) is 5.58. The Kier molecular flexibility index (Phi) is 3.86. The van der Waals surface area contributed by atoms with Crippen molar-refractivity contribution in [3.05, 3.63) is 63.2 Å². The molecule has 0 aliphatic rings. The predicted octanol–water partition coefficient (Wildman–Crippen LogP) is 3.69. The molecule has 0 saturated heterocycles. The molecule has 0 aromatic heterocycles. The molecule has 0 aliphatic heterocycles. The van der Waals surface area contributed by atoms with Crippen LogP contribution in [0.2, 0.25) is 5.02 Å². The van der Waals surface area contributed by atoms with Gasteiger partial charge in [0.2, 0.25) is 0 Å². The number of halogens is 1. The van der Waals surface area contributed by atoms with Crippen molar-refractivity contribution in [3.63, 3.8) is 0 Å². The zero-order valence-electron chi connectivity index (χ0n) is 10.0. The number of nitrogens with one attached hydrogen (secondary N) is 1. The summed E-state index contributed by atoms with van der Waals surface area (Å²) >= 11 is 5.97. The van der Waals surface area contributed by atoms with Crippen molar-refractivity contribution in [2.24, 2.45) is 0 Å². The van der Waals surface area contributed by atoms with E-state index in [1.165, 1.54) is 12.1 Å². The van der Waals surface area contributed by atoms with Gasteiger partial charge < -0.3 is 10.4 Å². The normalized spacial score (nSPS) is 10.1. The summed E-state index contributed by atoms with van der Waals surface area (Å²) in [5, 5.41) is 23.1. The summed E-state index contributed by atoms with van der Waals surface area (Å²) in [5.74, 6) is -1.36. The molecule has 0 radical (unpaired) electrons. The van der Waals surface area contributed by atoms with E-state index >= 15 is 0 Å². The van der Waals surface area contributed by atoms with Crippen LogP contribution in [0.25, 0.3) is 0 Å². The maximum Gasteiger partial charge on any atom is 0.342 e. The highest BCUT2D eigenvalue weighted by Crippen LogP contribution is 2.28. The molecule has 0 bridgehead atoms. The van der Waals surface area contributed by atoms with Gasteiger partial charge in [-0.2, -0.15) is 0 Å². The predicted molar refractivity (Wildman–Crippen MR) is 74.8 cm³/mol. The van der Waals surface area contributed by atoms with Crippen LogP contribution in [0, 0.1) is 10.1 Å². The van der Waals surface area contributed by atoms with E-state index in [0.29, 0.717) is 16.4 Å². The van der Waals surface area contributed by atoms with Crippen molar-refractivity contribution in [2.45, 2.75) is 0 Å². The number of carbonyl (C=O) groups is 1. The third kappa shape index (κ3) is 2.86. The Hall–Kier alpha value is -2.60. The maximum atomic E-state index is 11.0. The number of carboxylic acid groups (broad SMARTS) is 1. The number of hydrogen-bond donors (Lipinski definition) is 2. The van der Waals surface area contributed by atoms with E-state index in [-0.39, 0.29) is 5.56 Å². The second-order valence-corrected chi connectivity index (χ2v) is 4.31. The summed E-state index contributed by atoms with van der Waals surface area (Å²) in [7, 11) is 0.